The lowest BCUT2D eigenvalue weighted by atomic mass is 10.2. The Kier molecular flexibility index (Phi) is 2.30. The van der Waals surface area contributed by atoms with E-state index in [9.17, 15) is 4.79 Å². The minimum absolute atomic E-state index is 0.0255. The smallest absolute Gasteiger partial charge is 0.267 e. The minimum atomic E-state index is -0.0255. The Bertz CT molecular complexity index is 769. The Balaban J connectivity index is 2.43. The van der Waals surface area contributed by atoms with E-state index in [4.69, 9.17) is 0 Å². The summed E-state index contributed by atoms with van der Waals surface area (Å²) in [6.07, 6.45) is 1.81. The lowest BCUT2D eigenvalue weighted by molar-refractivity contribution is 0.892. The van der Waals surface area contributed by atoms with Crippen LogP contribution in [0.25, 0.3) is 16.7 Å². The number of nitrogens with one attached hydrogen (secondary N) is 1. The van der Waals surface area contributed by atoms with E-state index >= 15 is 0 Å². The number of benzene rings is 1. The lowest BCUT2D eigenvalue weighted by Gasteiger charge is -2.09. The van der Waals surface area contributed by atoms with E-state index in [1.54, 1.807) is 4.57 Å². The summed E-state index contributed by atoms with van der Waals surface area (Å²) in [6, 6.07) is 9.57. The molecule has 3 aromatic rings. The summed E-state index contributed by atoms with van der Waals surface area (Å²) >= 11 is 0. The summed E-state index contributed by atoms with van der Waals surface area (Å²) in [6.45, 7) is 3.75. The largest absolute Gasteiger partial charge is 0.346 e. The SMILES string of the molecule is Cc1c[nH]c2nc(C)n(-c3ccccc3)c(=O)c12. The van der Waals surface area contributed by atoms with Gasteiger partial charge in [0.1, 0.15) is 11.5 Å². The van der Waals surface area contributed by atoms with E-state index in [1.165, 1.54) is 0 Å². The number of H-pyrrole nitrogens is 1. The first-order chi connectivity index (χ1) is 8.68. The highest BCUT2D eigenvalue weighted by molar-refractivity contribution is 5.78. The van der Waals surface area contributed by atoms with Crippen molar-refractivity contribution >= 4 is 11.0 Å². The molecule has 0 fully saturated rings. The summed E-state index contributed by atoms with van der Waals surface area (Å²) < 4.78 is 1.64. The Labute approximate surface area is 104 Å². The van der Waals surface area contributed by atoms with Crippen LogP contribution in [-0.4, -0.2) is 14.5 Å². The molecule has 0 saturated carbocycles. The van der Waals surface area contributed by atoms with Crippen LogP contribution in [0, 0.1) is 13.8 Å². The van der Waals surface area contributed by atoms with Gasteiger partial charge in [0.15, 0.2) is 0 Å². The topological polar surface area (TPSA) is 50.7 Å². The molecule has 0 atom stereocenters. The van der Waals surface area contributed by atoms with Crippen molar-refractivity contribution in [3.63, 3.8) is 0 Å². The second-order valence-electron chi connectivity index (χ2n) is 4.33. The highest BCUT2D eigenvalue weighted by atomic mass is 16.1. The fourth-order valence-corrected chi connectivity index (χ4v) is 2.22. The fourth-order valence-electron chi connectivity index (χ4n) is 2.22. The molecule has 0 aliphatic carbocycles. The van der Waals surface area contributed by atoms with Crippen molar-refractivity contribution in [3.8, 4) is 5.69 Å². The first-order valence-electron chi connectivity index (χ1n) is 5.81. The van der Waals surface area contributed by atoms with Crippen molar-refractivity contribution < 1.29 is 0 Å². The van der Waals surface area contributed by atoms with Gasteiger partial charge in [-0.3, -0.25) is 9.36 Å². The average molecular weight is 239 g/mol. The number of fused-ring (bicyclic) bond motifs is 1. The molecule has 1 aromatic carbocycles. The van der Waals surface area contributed by atoms with E-state index in [0.29, 0.717) is 16.9 Å². The van der Waals surface area contributed by atoms with Gasteiger partial charge in [0.05, 0.1) is 11.1 Å². The zero-order valence-corrected chi connectivity index (χ0v) is 10.3. The van der Waals surface area contributed by atoms with Gasteiger partial charge in [0.25, 0.3) is 5.56 Å². The molecule has 0 radical (unpaired) electrons. The van der Waals surface area contributed by atoms with Crippen LogP contribution in [0.1, 0.15) is 11.4 Å². The summed E-state index contributed by atoms with van der Waals surface area (Å²) in [4.78, 5) is 20.0. The van der Waals surface area contributed by atoms with Gasteiger partial charge < -0.3 is 4.98 Å². The number of hydrogen-bond donors (Lipinski definition) is 1. The molecule has 0 saturated heterocycles. The number of aromatic nitrogens is 3. The summed E-state index contributed by atoms with van der Waals surface area (Å²) in [7, 11) is 0. The van der Waals surface area contributed by atoms with Crippen molar-refractivity contribution in [2.45, 2.75) is 13.8 Å². The lowest BCUT2D eigenvalue weighted by Crippen LogP contribution is -2.22. The highest BCUT2D eigenvalue weighted by Crippen LogP contribution is 2.14. The van der Waals surface area contributed by atoms with Crippen LogP contribution >= 0.6 is 0 Å². The quantitative estimate of drug-likeness (QED) is 0.708. The van der Waals surface area contributed by atoms with Crippen molar-refractivity contribution in [3.05, 3.63) is 58.3 Å². The van der Waals surface area contributed by atoms with Gasteiger partial charge in [-0.15, -0.1) is 0 Å². The maximum Gasteiger partial charge on any atom is 0.267 e. The van der Waals surface area contributed by atoms with E-state index in [1.807, 2.05) is 50.4 Å². The number of aromatic amines is 1. The Morgan fingerprint density at radius 1 is 1.17 bits per heavy atom. The molecule has 0 aliphatic rings. The molecule has 3 rings (SSSR count). The number of aryl methyl sites for hydroxylation is 2. The predicted molar refractivity (Wildman–Crippen MR) is 71.2 cm³/mol. The Morgan fingerprint density at radius 3 is 2.61 bits per heavy atom. The van der Waals surface area contributed by atoms with Crippen molar-refractivity contribution in [1.82, 2.24) is 14.5 Å². The average Bonchev–Trinajstić information content (AvgIpc) is 2.72. The number of para-hydroxylation sites is 1. The summed E-state index contributed by atoms with van der Waals surface area (Å²) in [5.41, 5.74) is 2.40. The fraction of sp³-hybridized carbons (Fsp3) is 0.143. The van der Waals surface area contributed by atoms with Gasteiger partial charge >= 0.3 is 0 Å². The van der Waals surface area contributed by atoms with Crippen LogP contribution in [0.3, 0.4) is 0 Å². The molecule has 4 heteroatoms. The molecule has 4 nitrogen and oxygen atoms in total. The van der Waals surface area contributed by atoms with Crippen LogP contribution in [0.4, 0.5) is 0 Å². The molecule has 0 aliphatic heterocycles. The number of rotatable bonds is 1. The van der Waals surface area contributed by atoms with Crippen molar-refractivity contribution in [1.29, 1.82) is 0 Å². The summed E-state index contributed by atoms with van der Waals surface area (Å²) in [5, 5.41) is 0.657. The minimum Gasteiger partial charge on any atom is -0.346 e. The number of hydrogen-bond acceptors (Lipinski definition) is 2. The molecule has 0 bridgehead atoms. The Hall–Kier alpha value is -2.36. The second-order valence-corrected chi connectivity index (χ2v) is 4.33. The van der Waals surface area contributed by atoms with Gasteiger partial charge in [-0.1, -0.05) is 18.2 Å². The van der Waals surface area contributed by atoms with E-state index in [0.717, 1.165) is 11.3 Å². The molecular weight excluding hydrogens is 226 g/mol. The van der Waals surface area contributed by atoms with Crippen LogP contribution in [0.2, 0.25) is 0 Å². The maximum absolute atomic E-state index is 12.5. The van der Waals surface area contributed by atoms with Crippen LogP contribution in [0.5, 0.6) is 0 Å². The van der Waals surface area contributed by atoms with E-state index in [-0.39, 0.29) is 5.56 Å². The van der Waals surface area contributed by atoms with Crippen LogP contribution < -0.4 is 5.56 Å². The molecule has 2 heterocycles. The predicted octanol–water partition coefficient (Wildman–Crippen LogP) is 2.33. The maximum atomic E-state index is 12.5. The Morgan fingerprint density at radius 2 is 1.89 bits per heavy atom. The van der Waals surface area contributed by atoms with E-state index < -0.39 is 0 Å². The molecule has 18 heavy (non-hydrogen) atoms. The molecule has 0 unspecified atom stereocenters. The van der Waals surface area contributed by atoms with Crippen LogP contribution in [0.15, 0.2) is 41.3 Å². The third-order valence-corrected chi connectivity index (χ3v) is 3.09. The van der Waals surface area contributed by atoms with Gasteiger partial charge in [0, 0.05) is 6.20 Å². The first kappa shape index (κ1) is 10.8. The van der Waals surface area contributed by atoms with E-state index in [2.05, 4.69) is 9.97 Å². The molecule has 1 N–H and O–H groups in total. The zero-order valence-electron chi connectivity index (χ0n) is 10.3. The molecule has 90 valence electrons. The van der Waals surface area contributed by atoms with Crippen molar-refractivity contribution in [2.75, 3.05) is 0 Å². The van der Waals surface area contributed by atoms with Gasteiger partial charge in [-0.2, -0.15) is 0 Å². The first-order valence-corrected chi connectivity index (χ1v) is 5.81. The second kappa shape index (κ2) is 3.84. The standard InChI is InChI=1S/C14H13N3O/c1-9-8-15-13-12(9)14(18)17(10(2)16-13)11-6-4-3-5-7-11/h3-8,15H,1-2H3. The van der Waals surface area contributed by atoms with Gasteiger partial charge in [-0.25, -0.2) is 4.98 Å². The number of nitrogens with zero attached hydrogens (tertiary/aromatic N) is 2. The monoisotopic (exact) mass is 239 g/mol. The highest BCUT2D eigenvalue weighted by Gasteiger charge is 2.12. The third kappa shape index (κ3) is 1.46. The van der Waals surface area contributed by atoms with Crippen LogP contribution in [-0.2, 0) is 0 Å². The van der Waals surface area contributed by atoms with Gasteiger partial charge in [0.2, 0.25) is 0 Å². The molecule has 0 amide bonds. The van der Waals surface area contributed by atoms with Gasteiger partial charge in [-0.05, 0) is 31.5 Å². The molecule has 2 aromatic heterocycles. The molecule has 0 spiro atoms. The van der Waals surface area contributed by atoms with Crippen molar-refractivity contribution in [2.24, 2.45) is 0 Å². The zero-order chi connectivity index (χ0) is 12.7. The summed E-state index contributed by atoms with van der Waals surface area (Å²) in [5.74, 6) is 0.681. The molecular formula is C14H13N3O. The normalized spacial score (nSPS) is 11.0. The third-order valence-electron chi connectivity index (χ3n) is 3.09.